The minimum absolute atomic E-state index is 0.297. The number of hydrogen-bond acceptors (Lipinski definition) is 4. The molecule has 2 aliphatic heterocycles. The molecule has 132 valence electrons. The van der Waals surface area contributed by atoms with Crippen LogP contribution in [0.15, 0.2) is 30.5 Å². The predicted molar refractivity (Wildman–Crippen MR) is 101 cm³/mol. The lowest BCUT2D eigenvalue weighted by molar-refractivity contribution is -0.131. The van der Waals surface area contributed by atoms with Gasteiger partial charge in [-0.15, -0.1) is 0 Å². The van der Waals surface area contributed by atoms with E-state index in [1.165, 1.54) is 10.9 Å². The van der Waals surface area contributed by atoms with Crippen molar-refractivity contribution in [1.29, 1.82) is 0 Å². The maximum absolute atomic E-state index is 12.3. The first-order valence-corrected chi connectivity index (χ1v) is 9.31. The zero-order valence-corrected chi connectivity index (χ0v) is 14.9. The van der Waals surface area contributed by atoms with Crippen molar-refractivity contribution in [2.24, 2.45) is 0 Å². The lowest BCUT2D eigenvalue weighted by Gasteiger charge is -2.21. The Bertz CT molecular complexity index is 769. The monoisotopic (exact) mass is 338 g/mol. The Morgan fingerprint density at radius 3 is 2.96 bits per heavy atom. The molecular weight excluding hydrogens is 312 g/mol. The third kappa shape index (κ3) is 3.61. The fourth-order valence-corrected chi connectivity index (χ4v) is 4.05. The molecule has 5 heteroatoms. The number of aryl methyl sites for hydroxylation is 1. The SMILES string of the molecule is Cc1cc(N[C@@H]2CCN(CC(=O)N3CCCC3)C2)cc2cccnc12. The number of amides is 1. The van der Waals surface area contributed by atoms with Crippen LogP contribution in [0, 0.1) is 6.92 Å². The van der Waals surface area contributed by atoms with E-state index in [1.54, 1.807) is 0 Å². The number of carbonyl (C=O) groups is 1. The van der Waals surface area contributed by atoms with E-state index in [9.17, 15) is 4.79 Å². The molecule has 0 saturated carbocycles. The molecule has 1 aromatic heterocycles. The average Bonchev–Trinajstić information content (AvgIpc) is 3.27. The van der Waals surface area contributed by atoms with Gasteiger partial charge in [-0.1, -0.05) is 6.07 Å². The molecule has 2 fully saturated rings. The molecule has 1 aromatic carbocycles. The summed E-state index contributed by atoms with van der Waals surface area (Å²) in [5.41, 5.74) is 3.41. The Balaban J connectivity index is 1.37. The number of likely N-dealkylation sites (tertiary alicyclic amines) is 2. The van der Waals surface area contributed by atoms with Crippen LogP contribution in [0.2, 0.25) is 0 Å². The number of nitrogens with zero attached hydrogens (tertiary/aromatic N) is 3. The summed E-state index contributed by atoms with van der Waals surface area (Å²) in [5.74, 6) is 0.297. The summed E-state index contributed by atoms with van der Waals surface area (Å²) in [4.78, 5) is 21.1. The van der Waals surface area contributed by atoms with E-state index in [2.05, 4.69) is 40.3 Å². The van der Waals surface area contributed by atoms with Crippen LogP contribution in [0.3, 0.4) is 0 Å². The minimum Gasteiger partial charge on any atom is -0.381 e. The molecule has 0 radical (unpaired) electrons. The van der Waals surface area contributed by atoms with Gasteiger partial charge in [-0.05, 0) is 49.9 Å². The average molecular weight is 338 g/mol. The second kappa shape index (κ2) is 7.00. The van der Waals surface area contributed by atoms with E-state index < -0.39 is 0 Å². The predicted octanol–water partition coefficient (Wildman–Crippen LogP) is 2.65. The van der Waals surface area contributed by atoms with Gasteiger partial charge in [0.25, 0.3) is 0 Å². The van der Waals surface area contributed by atoms with Gasteiger partial charge in [0.2, 0.25) is 5.91 Å². The Labute approximate surface area is 149 Å². The van der Waals surface area contributed by atoms with Crippen LogP contribution < -0.4 is 5.32 Å². The molecule has 1 amide bonds. The molecule has 0 aliphatic carbocycles. The fourth-order valence-electron chi connectivity index (χ4n) is 4.05. The molecular formula is C20H26N4O. The van der Waals surface area contributed by atoms with Gasteiger partial charge in [0.05, 0.1) is 12.1 Å². The molecule has 1 atom stereocenters. The highest BCUT2D eigenvalue weighted by Crippen LogP contribution is 2.23. The molecule has 2 saturated heterocycles. The number of fused-ring (bicyclic) bond motifs is 1. The summed E-state index contributed by atoms with van der Waals surface area (Å²) >= 11 is 0. The van der Waals surface area contributed by atoms with E-state index >= 15 is 0 Å². The van der Waals surface area contributed by atoms with Crippen LogP contribution in [0.5, 0.6) is 0 Å². The number of pyridine rings is 1. The molecule has 2 aliphatic rings. The Hall–Kier alpha value is -2.14. The number of rotatable bonds is 4. The maximum Gasteiger partial charge on any atom is 0.236 e. The summed E-state index contributed by atoms with van der Waals surface area (Å²) < 4.78 is 0. The van der Waals surface area contributed by atoms with Crippen LogP contribution in [0.25, 0.3) is 10.9 Å². The largest absolute Gasteiger partial charge is 0.381 e. The summed E-state index contributed by atoms with van der Waals surface area (Å²) in [6.07, 6.45) is 5.24. The summed E-state index contributed by atoms with van der Waals surface area (Å²) in [6.45, 7) is 6.49. The van der Waals surface area contributed by atoms with Crippen molar-refractivity contribution in [3.8, 4) is 0 Å². The zero-order chi connectivity index (χ0) is 17.2. The van der Waals surface area contributed by atoms with Crippen LogP contribution in [0.1, 0.15) is 24.8 Å². The Kier molecular flexibility index (Phi) is 4.57. The third-order valence-corrected chi connectivity index (χ3v) is 5.36. The molecule has 1 N–H and O–H groups in total. The number of benzene rings is 1. The van der Waals surface area contributed by atoms with Crippen molar-refractivity contribution in [2.75, 3.05) is 38.0 Å². The van der Waals surface area contributed by atoms with E-state index in [1.807, 2.05) is 17.2 Å². The Morgan fingerprint density at radius 1 is 1.28 bits per heavy atom. The summed E-state index contributed by atoms with van der Waals surface area (Å²) in [7, 11) is 0. The standard InChI is InChI=1S/C20H26N4O/c1-15-11-18(12-16-5-4-7-21-20(15)16)22-17-6-10-23(13-17)14-19(25)24-8-2-3-9-24/h4-5,7,11-12,17,22H,2-3,6,8-10,13-14H2,1H3/t17-/m1/s1. The van der Waals surface area contributed by atoms with Crippen molar-refractivity contribution in [3.63, 3.8) is 0 Å². The first-order chi connectivity index (χ1) is 12.2. The van der Waals surface area contributed by atoms with Gasteiger partial charge in [0, 0.05) is 49.5 Å². The van der Waals surface area contributed by atoms with E-state index in [4.69, 9.17) is 0 Å². The van der Waals surface area contributed by atoms with Crippen LogP contribution >= 0.6 is 0 Å². The second-order valence-electron chi connectivity index (χ2n) is 7.32. The molecule has 25 heavy (non-hydrogen) atoms. The van der Waals surface area contributed by atoms with Crippen LogP contribution in [-0.2, 0) is 4.79 Å². The van der Waals surface area contributed by atoms with E-state index in [0.29, 0.717) is 18.5 Å². The fraction of sp³-hybridized carbons (Fsp3) is 0.500. The van der Waals surface area contributed by atoms with Crippen molar-refractivity contribution < 1.29 is 4.79 Å². The van der Waals surface area contributed by atoms with Gasteiger partial charge < -0.3 is 10.2 Å². The summed E-state index contributed by atoms with van der Waals surface area (Å²) in [5, 5.41) is 4.82. The smallest absolute Gasteiger partial charge is 0.236 e. The topological polar surface area (TPSA) is 48.5 Å². The first kappa shape index (κ1) is 16.3. The molecule has 0 spiro atoms. The summed E-state index contributed by atoms with van der Waals surface area (Å²) in [6, 6.07) is 8.84. The van der Waals surface area contributed by atoms with Gasteiger partial charge in [-0.25, -0.2) is 0 Å². The number of aromatic nitrogens is 1. The molecule has 2 aromatic rings. The maximum atomic E-state index is 12.3. The molecule has 5 nitrogen and oxygen atoms in total. The number of carbonyl (C=O) groups excluding carboxylic acids is 1. The van der Waals surface area contributed by atoms with Gasteiger partial charge in [-0.3, -0.25) is 14.7 Å². The van der Waals surface area contributed by atoms with Crippen LogP contribution in [-0.4, -0.2) is 59.5 Å². The van der Waals surface area contributed by atoms with Gasteiger partial charge >= 0.3 is 0 Å². The van der Waals surface area contributed by atoms with E-state index in [0.717, 1.165) is 56.6 Å². The lowest BCUT2D eigenvalue weighted by atomic mass is 10.1. The van der Waals surface area contributed by atoms with Crippen LogP contribution in [0.4, 0.5) is 5.69 Å². The van der Waals surface area contributed by atoms with Crippen molar-refractivity contribution in [1.82, 2.24) is 14.8 Å². The number of nitrogens with one attached hydrogen (secondary N) is 1. The number of anilines is 1. The van der Waals surface area contributed by atoms with Crippen molar-refractivity contribution in [3.05, 3.63) is 36.0 Å². The van der Waals surface area contributed by atoms with E-state index in [-0.39, 0.29) is 0 Å². The molecule has 0 unspecified atom stereocenters. The zero-order valence-electron chi connectivity index (χ0n) is 14.9. The highest BCUT2D eigenvalue weighted by Gasteiger charge is 2.26. The highest BCUT2D eigenvalue weighted by atomic mass is 16.2. The second-order valence-corrected chi connectivity index (χ2v) is 7.32. The quantitative estimate of drug-likeness (QED) is 0.931. The number of hydrogen-bond donors (Lipinski definition) is 1. The van der Waals surface area contributed by atoms with Crippen molar-refractivity contribution in [2.45, 2.75) is 32.2 Å². The molecule has 0 bridgehead atoms. The first-order valence-electron chi connectivity index (χ1n) is 9.31. The van der Waals surface area contributed by atoms with Gasteiger partial charge in [0.15, 0.2) is 0 Å². The minimum atomic E-state index is 0.297. The normalized spacial score (nSPS) is 21.2. The van der Waals surface area contributed by atoms with Gasteiger partial charge in [0.1, 0.15) is 0 Å². The molecule has 3 heterocycles. The Morgan fingerprint density at radius 2 is 2.12 bits per heavy atom. The van der Waals surface area contributed by atoms with Gasteiger partial charge in [-0.2, -0.15) is 0 Å². The highest BCUT2D eigenvalue weighted by molar-refractivity contribution is 5.85. The third-order valence-electron chi connectivity index (χ3n) is 5.36. The van der Waals surface area contributed by atoms with Crippen molar-refractivity contribution >= 4 is 22.5 Å². The molecule has 4 rings (SSSR count). The lowest BCUT2D eigenvalue weighted by Crippen LogP contribution is -2.38.